The van der Waals surface area contributed by atoms with Crippen molar-refractivity contribution in [1.29, 1.82) is 0 Å². The first-order valence-electron chi connectivity index (χ1n) is 7.29. The average Bonchev–Trinajstić information content (AvgIpc) is 2.48. The van der Waals surface area contributed by atoms with Crippen LogP contribution >= 0.6 is 0 Å². The number of carbonyl (C=O) groups excluding carboxylic acids is 1. The van der Waals surface area contributed by atoms with Gasteiger partial charge in [0, 0.05) is 6.04 Å². The molecule has 1 amide bonds. The summed E-state index contributed by atoms with van der Waals surface area (Å²) in [5.41, 5.74) is 6.88. The van der Waals surface area contributed by atoms with Crippen LogP contribution in [0.3, 0.4) is 0 Å². The van der Waals surface area contributed by atoms with E-state index in [-0.39, 0.29) is 11.9 Å². The van der Waals surface area contributed by atoms with Gasteiger partial charge in [-0.3, -0.25) is 4.79 Å². The van der Waals surface area contributed by atoms with Crippen LogP contribution in [0.25, 0.3) is 0 Å². The van der Waals surface area contributed by atoms with E-state index in [1.54, 1.807) is 0 Å². The maximum absolute atomic E-state index is 12.2. The lowest BCUT2D eigenvalue weighted by Gasteiger charge is -2.29. The zero-order valence-corrected chi connectivity index (χ0v) is 11.6. The molecule has 0 bridgehead atoms. The maximum atomic E-state index is 12.2. The van der Waals surface area contributed by atoms with Crippen LogP contribution in [-0.2, 0) is 4.79 Å². The number of hydrogen-bond acceptors (Lipinski definition) is 2. The number of hydrogen-bond donors (Lipinski definition) is 2. The number of benzene rings is 1. The van der Waals surface area contributed by atoms with Gasteiger partial charge in [-0.2, -0.15) is 0 Å². The minimum atomic E-state index is -0.563. The molecule has 1 aromatic rings. The van der Waals surface area contributed by atoms with Crippen molar-refractivity contribution in [2.24, 2.45) is 11.7 Å². The zero-order chi connectivity index (χ0) is 13.7. The van der Waals surface area contributed by atoms with Crippen LogP contribution in [0.15, 0.2) is 30.3 Å². The molecule has 104 valence electrons. The molecular formula is C16H24N2O. The normalized spacial score (nSPS) is 19.7. The number of rotatable bonds is 4. The fourth-order valence-electron chi connectivity index (χ4n) is 2.88. The van der Waals surface area contributed by atoms with Crippen molar-refractivity contribution in [2.45, 2.75) is 51.1 Å². The molecule has 0 unspecified atom stereocenters. The van der Waals surface area contributed by atoms with E-state index in [1.165, 1.54) is 32.1 Å². The first kappa shape index (κ1) is 14.1. The quantitative estimate of drug-likeness (QED) is 0.874. The third-order valence-corrected chi connectivity index (χ3v) is 4.17. The monoisotopic (exact) mass is 260 g/mol. The van der Waals surface area contributed by atoms with Gasteiger partial charge in [0.15, 0.2) is 0 Å². The minimum Gasteiger partial charge on any atom is -0.352 e. The molecule has 0 radical (unpaired) electrons. The lowest BCUT2D eigenvalue weighted by Crippen LogP contribution is -2.43. The van der Waals surface area contributed by atoms with Crippen LogP contribution in [0.5, 0.6) is 0 Å². The Morgan fingerprint density at radius 2 is 1.84 bits per heavy atom. The molecule has 1 aromatic carbocycles. The van der Waals surface area contributed by atoms with Gasteiger partial charge in [0.05, 0.1) is 0 Å². The summed E-state index contributed by atoms with van der Waals surface area (Å²) in [5.74, 6) is 0.546. The lowest BCUT2D eigenvalue weighted by molar-refractivity contribution is -0.123. The molecule has 1 aliphatic carbocycles. The SMILES string of the molecule is C[C@H](NC(=O)[C@H](N)c1ccccc1)C1CCCCC1. The third-order valence-electron chi connectivity index (χ3n) is 4.17. The van der Waals surface area contributed by atoms with Gasteiger partial charge in [-0.15, -0.1) is 0 Å². The Kier molecular flexibility index (Phi) is 4.97. The van der Waals surface area contributed by atoms with Crippen LogP contribution in [0.1, 0.15) is 50.6 Å². The summed E-state index contributed by atoms with van der Waals surface area (Å²) < 4.78 is 0. The van der Waals surface area contributed by atoms with E-state index >= 15 is 0 Å². The summed E-state index contributed by atoms with van der Waals surface area (Å²) in [5, 5.41) is 3.08. The maximum Gasteiger partial charge on any atom is 0.241 e. The van der Waals surface area contributed by atoms with E-state index in [0.717, 1.165) is 5.56 Å². The standard InChI is InChI=1S/C16H24N2O/c1-12(13-8-4-2-5-9-13)18-16(19)15(17)14-10-6-3-7-11-14/h3,6-7,10-13,15H,2,4-5,8-9,17H2,1H3,(H,18,19)/t12-,15+/m0/s1. The molecule has 1 saturated carbocycles. The number of nitrogens with one attached hydrogen (secondary N) is 1. The molecule has 0 aromatic heterocycles. The predicted octanol–water partition coefficient (Wildman–Crippen LogP) is 2.77. The van der Waals surface area contributed by atoms with Crippen molar-refractivity contribution in [3.8, 4) is 0 Å². The van der Waals surface area contributed by atoms with Crippen molar-refractivity contribution in [3.63, 3.8) is 0 Å². The van der Waals surface area contributed by atoms with E-state index in [1.807, 2.05) is 30.3 Å². The summed E-state index contributed by atoms with van der Waals surface area (Å²) in [7, 11) is 0. The Bertz CT molecular complexity index is 398. The molecule has 0 saturated heterocycles. The largest absolute Gasteiger partial charge is 0.352 e. The van der Waals surface area contributed by atoms with Crippen LogP contribution in [0, 0.1) is 5.92 Å². The van der Waals surface area contributed by atoms with E-state index < -0.39 is 6.04 Å². The summed E-state index contributed by atoms with van der Waals surface area (Å²) in [6.45, 7) is 2.10. The molecular weight excluding hydrogens is 236 g/mol. The second-order valence-corrected chi connectivity index (χ2v) is 5.58. The predicted molar refractivity (Wildman–Crippen MR) is 77.6 cm³/mol. The second-order valence-electron chi connectivity index (χ2n) is 5.58. The van der Waals surface area contributed by atoms with Crippen molar-refractivity contribution in [2.75, 3.05) is 0 Å². The number of carbonyl (C=O) groups is 1. The highest BCUT2D eigenvalue weighted by Crippen LogP contribution is 2.26. The highest BCUT2D eigenvalue weighted by atomic mass is 16.2. The minimum absolute atomic E-state index is 0.0655. The fourth-order valence-corrected chi connectivity index (χ4v) is 2.88. The molecule has 3 nitrogen and oxygen atoms in total. The third kappa shape index (κ3) is 3.80. The lowest BCUT2D eigenvalue weighted by atomic mass is 9.84. The molecule has 0 spiro atoms. The summed E-state index contributed by atoms with van der Waals surface area (Å²) in [4.78, 5) is 12.2. The molecule has 0 aliphatic heterocycles. The van der Waals surface area contributed by atoms with Crippen LogP contribution in [0.4, 0.5) is 0 Å². The first-order chi connectivity index (χ1) is 9.18. The Balaban J connectivity index is 1.89. The van der Waals surface area contributed by atoms with Crippen molar-refractivity contribution in [3.05, 3.63) is 35.9 Å². The Hall–Kier alpha value is -1.35. The molecule has 3 heteroatoms. The summed E-state index contributed by atoms with van der Waals surface area (Å²) >= 11 is 0. The molecule has 19 heavy (non-hydrogen) atoms. The van der Waals surface area contributed by atoms with E-state index in [0.29, 0.717) is 5.92 Å². The summed E-state index contributed by atoms with van der Waals surface area (Å²) in [6.07, 6.45) is 6.36. The molecule has 0 heterocycles. The zero-order valence-electron chi connectivity index (χ0n) is 11.6. The fraction of sp³-hybridized carbons (Fsp3) is 0.562. The highest BCUT2D eigenvalue weighted by Gasteiger charge is 2.24. The van der Waals surface area contributed by atoms with Gasteiger partial charge in [0.25, 0.3) is 0 Å². The van der Waals surface area contributed by atoms with Crippen molar-refractivity contribution >= 4 is 5.91 Å². The van der Waals surface area contributed by atoms with E-state index in [2.05, 4.69) is 12.2 Å². The molecule has 1 aliphatic rings. The van der Waals surface area contributed by atoms with Crippen LogP contribution < -0.4 is 11.1 Å². The topological polar surface area (TPSA) is 55.1 Å². The second kappa shape index (κ2) is 6.71. The molecule has 1 fully saturated rings. The molecule has 3 N–H and O–H groups in total. The Morgan fingerprint density at radius 1 is 1.21 bits per heavy atom. The number of amides is 1. The Labute approximate surface area is 115 Å². The van der Waals surface area contributed by atoms with Gasteiger partial charge >= 0.3 is 0 Å². The molecule has 2 atom stereocenters. The van der Waals surface area contributed by atoms with Gasteiger partial charge in [0.2, 0.25) is 5.91 Å². The smallest absolute Gasteiger partial charge is 0.241 e. The van der Waals surface area contributed by atoms with Gasteiger partial charge < -0.3 is 11.1 Å². The van der Waals surface area contributed by atoms with Crippen molar-refractivity contribution < 1.29 is 4.79 Å². The van der Waals surface area contributed by atoms with Gasteiger partial charge in [-0.25, -0.2) is 0 Å². The van der Waals surface area contributed by atoms with Gasteiger partial charge in [0.1, 0.15) is 6.04 Å². The van der Waals surface area contributed by atoms with E-state index in [9.17, 15) is 4.79 Å². The van der Waals surface area contributed by atoms with Gasteiger partial charge in [-0.05, 0) is 31.2 Å². The van der Waals surface area contributed by atoms with Crippen LogP contribution in [0.2, 0.25) is 0 Å². The van der Waals surface area contributed by atoms with Crippen LogP contribution in [-0.4, -0.2) is 11.9 Å². The first-order valence-corrected chi connectivity index (χ1v) is 7.29. The number of nitrogens with two attached hydrogens (primary N) is 1. The highest BCUT2D eigenvalue weighted by molar-refractivity contribution is 5.83. The van der Waals surface area contributed by atoms with Crippen molar-refractivity contribution in [1.82, 2.24) is 5.32 Å². The Morgan fingerprint density at radius 3 is 2.47 bits per heavy atom. The molecule has 2 rings (SSSR count). The van der Waals surface area contributed by atoms with Gasteiger partial charge in [-0.1, -0.05) is 49.6 Å². The van der Waals surface area contributed by atoms with E-state index in [4.69, 9.17) is 5.73 Å². The summed E-state index contributed by atoms with van der Waals surface area (Å²) in [6, 6.07) is 9.21. The average molecular weight is 260 g/mol.